The number of carbonyl (C=O) groups excluding carboxylic acids is 1. The maximum atomic E-state index is 11.5. The molecule has 2 aromatic rings. The molecule has 22 heavy (non-hydrogen) atoms. The van der Waals surface area contributed by atoms with E-state index in [0.717, 1.165) is 27.4 Å². The molecule has 1 amide bonds. The van der Waals surface area contributed by atoms with Crippen LogP contribution in [0.4, 0.5) is 0 Å². The van der Waals surface area contributed by atoms with E-state index >= 15 is 0 Å². The molecule has 1 aromatic carbocycles. The lowest BCUT2D eigenvalue weighted by molar-refractivity contribution is -0.118. The molecule has 0 aliphatic heterocycles. The van der Waals surface area contributed by atoms with Gasteiger partial charge in [-0.1, -0.05) is 53.7 Å². The molecule has 1 heterocycles. The summed E-state index contributed by atoms with van der Waals surface area (Å²) in [5.74, 6) is 0.891. The lowest BCUT2D eigenvalue weighted by atomic mass is 10.1. The molecular formula is C16H20BrN3OS. The van der Waals surface area contributed by atoms with Gasteiger partial charge in [0.15, 0.2) is 5.16 Å². The molecule has 0 spiro atoms. The molecule has 0 bridgehead atoms. The van der Waals surface area contributed by atoms with Crippen LogP contribution in [0.25, 0.3) is 11.3 Å². The minimum atomic E-state index is 0.00860. The van der Waals surface area contributed by atoms with Crippen molar-refractivity contribution in [2.24, 2.45) is 5.92 Å². The Bertz CT molecular complexity index is 637. The van der Waals surface area contributed by atoms with Crippen LogP contribution in [0.3, 0.4) is 0 Å². The molecule has 0 atom stereocenters. The van der Waals surface area contributed by atoms with Gasteiger partial charge in [0.2, 0.25) is 5.91 Å². The fourth-order valence-electron chi connectivity index (χ4n) is 2.07. The van der Waals surface area contributed by atoms with Crippen LogP contribution in [0, 0.1) is 5.92 Å². The van der Waals surface area contributed by atoms with E-state index in [0.29, 0.717) is 11.7 Å². The van der Waals surface area contributed by atoms with Gasteiger partial charge in [-0.2, -0.15) is 0 Å². The summed E-state index contributed by atoms with van der Waals surface area (Å²) in [7, 11) is 1.65. The number of hydrogen-bond acceptors (Lipinski definition) is 3. The van der Waals surface area contributed by atoms with Crippen molar-refractivity contribution >= 4 is 33.6 Å². The topological polar surface area (TPSA) is 46.9 Å². The Balaban J connectivity index is 2.31. The standard InChI is InChI=1S/C16H20BrN3OS/c1-11(2)9-20-14(12-4-6-13(17)7-5-12)8-19-16(20)22-10-15(21)18-3/h4-8,11H,9-10H2,1-3H3,(H,18,21). The number of aromatic nitrogens is 2. The minimum Gasteiger partial charge on any atom is -0.358 e. The van der Waals surface area contributed by atoms with Crippen LogP contribution in [0.5, 0.6) is 0 Å². The third kappa shape index (κ3) is 4.36. The Morgan fingerprint density at radius 2 is 2.05 bits per heavy atom. The Morgan fingerprint density at radius 1 is 1.36 bits per heavy atom. The van der Waals surface area contributed by atoms with Crippen molar-refractivity contribution in [1.29, 1.82) is 0 Å². The molecule has 0 aliphatic rings. The molecule has 1 N–H and O–H groups in total. The van der Waals surface area contributed by atoms with Gasteiger partial charge < -0.3 is 9.88 Å². The second-order valence-corrected chi connectivity index (χ2v) is 7.26. The van der Waals surface area contributed by atoms with Crippen LogP contribution in [-0.2, 0) is 11.3 Å². The highest BCUT2D eigenvalue weighted by Crippen LogP contribution is 2.28. The van der Waals surface area contributed by atoms with Crippen molar-refractivity contribution in [3.05, 3.63) is 34.9 Å². The Morgan fingerprint density at radius 3 is 2.64 bits per heavy atom. The normalized spacial score (nSPS) is 11.0. The van der Waals surface area contributed by atoms with Gasteiger partial charge in [0.05, 0.1) is 17.6 Å². The van der Waals surface area contributed by atoms with Gasteiger partial charge in [-0.05, 0) is 23.6 Å². The Labute approximate surface area is 143 Å². The molecule has 6 heteroatoms. The molecule has 0 radical (unpaired) electrons. The van der Waals surface area contributed by atoms with E-state index in [4.69, 9.17) is 0 Å². The highest BCUT2D eigenvalue weighted by molar-refractivity contribution is 9.10. The molecular weight excluding hydrogens is 362 g/mol. The predicted molar refractivity (Wildman–Crippen MR) is 95.0 cm³/mol. The van der Waals surface area contributed by atoms with Crippen molar-refractivity contribution in [3.8, 4) is 11.3 Å². The maximum absolute atomic E-state index is 11.5. The number of nitrogens with zero attached hydrogens (tertiary/aromatic N) is 2. The molecule has 0 aliphatic carbocycles. The largest absolute Gasteiger partial charge is 0.358 e. The van der Waals surface area contributed by atoms with E-state index in [-0.39, 0.29) is 5.91 Å². The van der Waals surface area contributed by atoms with E-state index in [9.17, 15) is 4.79 Å². The Hall–Kier alpha value is -1.27. The second-order valence-electron chi connectivity index (χ2n) is 5.40. The maximum Gasteiger partial charge on any atom is 0.230 e. The number of rotatable bonds is 6. The monoisotopic (exact) mass is 381 g/mol. The first-order valence-electron chi connectivity index (χ1n) is 7.16. The molecule has 0 fully saturated rings. The van der Waals surface area contributed by atoms with Gasteiger partial charge in [0.1, 0.15) is 0 Å². The number of benzene rings is 1. The third-order valence-electron chi connectivity index (χ3n) is 3.12. The SMILES string of the molecule is CNC(=O)CSc1ncc(-c2ccc(Br)cc2)n1CC(C)C. The van der Waals surface area contributed by atoms with Crippen molar-refractivity contribution in [2.45, 2.75) is 25.5 Å². The first kappa shape index (κ1) is 17.1. The van der Waals surface area contributed by atoms with E-state index in [1.54, 1.807) is 7.05 Å². The summed E-state index contributed by atoms with van der Waals surface area (Å²) in [5.41, 5.74) is 2.21. The first-order valence-corrected chi connectivity index (χ1v) is 8.94. The molecule has 0 unspecified atom stereocenters. The third-order valence-corrected chi connectivity index (χ3v) is 4.64. The average molecular weight is 382 g/mol. The van der Waals surface area contributed by atoms with Crippen LogP contribution in [0.15, 0.2) is 40.1 Å². The van der Waals surface area contributed by atoms with E-state index < -0.39 is 0 Å². The summed E-state index contributed by atoms with van der Waals surface area (Å²) in [6, 6.07) is 8.20. The van der Waals surface area contributed by atoms with Gasteiger partial charge in [-0.25, -0.2) is 4.98 Å². The van der Waals surface area contributed by atoms with Crippen LogP contribution in [-0.4, -0.2) is 28.3 Å². The van der Waals surface area contributed by atoms with Crippen molar-refractivity contribution in [1.82, 2.24) is 14.9 Å². The fourth-order valence-corrected chi connectivity index (χ4v) is 3.19. The van der Waals surface area contributed by atoms with Crippen molar-refractivity contribution < 1.29 is 4.79 Å². The second kappa shape index (κ2) is 7.83. The molecule has 0 saturated heterocycles. The van der Waals surface area contributed by atoms with Gasteiger partial charge >= 0.3 is 0 Å². The fraction of sp³-hybridized carbons (Fsp3) is 0.375. The van der Waals surface area contributed by atoms with Crippen molar-refractivity contribution in [2.75, 3.05) is 12.8 Å². The molecule has 4 nitrogen and oxygen atoms in total. The number of thioether (sulfide) groups is 1. The van der Waals surface area contributed by atoms with Gasteiger partial charge in [-0.15, -0.1) is 0 Å². The minimum absolute atomic E-state index is 0.00860. The lowest BCUT2D eigenvalue weighted by Crippen LogP contribution is -2.20. The molecule has 118 valence electrons. The average Bonchev–Trinajstić information content (AvgIpc) is 2.87. The summed E-state index contributed by atoms with van der Waals surface area (Å²) in [4.78, 5) is 16.0. The number of amides is 1. The van der Waals surface area contributed by atoms with Crippen LogP contribution in [0.2, 0.25) is 0 Å². The van der Waals surface area contributed by atoms with Gasteiger partial charge in [-0.3, -0.25) is 4.79 Å². The highest BCUT2D eigenvalue weighted by atomic mass is 79.9. The number of halogens is 1. The quantitative estimate of drug-likeness (QED) is 0.773. The summed E-state index contributed by atoms with van der Waals surface area (Å²) < 4.78 is 3.25. The summed E-state index contributed by atoms with van der Waals surface area (Å²) in [6.45, 7) is 5.23. The van der Waals surface area contributed by atoms with Crippen LogP contribution in [0.1, 0.15) is 13.8 Å². The Kier molecular flexibility index (Phi) is 6.08. The first-order chi connectivity index (χ1) is 10.5. The van der Waals surface area contributed by atoms with E-state index in [1.165, 1.54) is 11.8 Å². The summed E-state index contributed by atoms with van der Waals surface area (Å²) in [5, 5.41) is 3.52. The van der Waals surface area contributed by atoms with Gasteiger partial charge in [0, 0.05) is 18.1 Å². The molecule has 1 aromatic heterocycles. The molecule has 2 rings (SSSR count). The smallest absolute Gasteiger partial charge is 0.230 e. The number of imidazole rings is 1. The zero-order valence-electron chi connectivity index (χ0n) is 13.0. The zero-order valence-corrected chi connectivity index (χ0v) is 15.4. The van der Waals surface area contributed by atoms with E-state index in [1.807, 2.05) is 18.3 Å². The van der Waals surface area contributed by atoms with Crippen LogP contribution >= 0.6 is 27.7 Å². The number of carbonyl (C=O) groups is 1. The zero-order chi connectivity index (χ0) is 16.1. The van der Waals surface area contributed by atoms with Crippen LogP contribution < -0.4 is 5.32 Å². The lowest BCUT2D eigenvalue weighted by Gasteiger charge is -2.14. The summed E-state index contributed by atoms with van der Waals surface area (Å²) in [6.07, 6.45) is 1.89. The summed E-state index contributed by atoms with van der Waals surface area (Å²) >= 11 is 4.93. The van der Waals surface area contributed by atoms with E-state index in [2.05, 4.69) is 56.8 Å². The number of nitrogens with one attached hydrogen (secondary N) is 1. The highest BCUT2D eigenvalue weighted by Gasteiger charge is 2.14. The van der Waals surface area contributed by atoms with Gasteiger partial charge in [0.25, 0.3) is 0 Å². The number of hydrogen-bond donors (Lipinski definition) is 1. The van der Waals surface area contributed by atoms with Crippen molar-refractivity contribution in [3.63, 3.8) is 0 Å². The molecule has 0 saturated carbocycles. The predicted octanol–water partition coefficient (Wildman–Crippen LogP) is 3.81.